The van der Waals surface area contributed by atoms with Crippen LogP contribution < -0.4 is 15.1 Å². The number of piperazine rings is 1. The van der Waals surface area contributed by atoms with E-state index in [0.717, 1.165) is 137 Å². The zero-order chi connectivity index (χ0) is 61.9. The molecule has 9 aromatic heterocycles. The molecule has 22 heteroatoms. The second-order valence-corrected chi connectivity index (χ2v) is 24.8. The molecule has 12 heterocycles. The predicted molar refractivity (Wildman–Crippen MR) is 346 cm³/mol. The van der Waals surface area contributed by atoms with E-state index in [1.807, 2.05) is 82.0 Å². The molecule has 456 valence electrons. The third-order valence-electron chi connectivity index (χ3n) is 17.5. The molecule has 3 atom stereocenters. The second kappa shape index (κ2) is 24.1. The molecule has 20 nitrogen and oxygen atoms in total. The average Bonchev–Trinajstić information content (AvgIpc) is 2.16. The summed E-state index contributed by atoms with van der Waals surface area (Å²) in [5, 5.41) is 46.1. The largest absolute Gasteiger partial charge is 0.353 e. The Bertz CT molecular complexity index is 4630. The maximum absolute atomic E-state index is 15.1. The van der Waals surface area contributed by atoms with Crippen LogP contribution in [0, 0.1) is 53.2 Å². The van der Waals surface area contributed by atoms with Gasteiger partial charge >= 0.3 is 0 Å². The van der Waals surface area contributed by atoms with Crippen molar-refractivity contribution in [1.29, 1.82) is 0 Å². The van der Waals surface area contributed by atoms with Crippen molar-refractivity contribution in [3.63, 3.8) is 0 Å². The second-order valence-electron chi connectivity index (χ2n) is 24.8. The molecule has 12 aromatic rings. The average molecular weight is 1200 g/mol. The Hall–Kier alpha value is -9.12. The minimum absolute atomic E-state index is 0.316. The molecule has 0 aliphatic carbocycles. The number of benzene rings is 3. The molecular weight excluding hydrogens is 1120 g/mol. The highest BCUT2D eigenvalue weighted by atomic mass is 19.1. The van der Waals surface area contributed by atoms with E-state index in [2.05, 4.69) is 153 Å². The first-order chi connectivity index (χ1) is 42.9. The number of fused-ring (bicyclic) bond motifs is 6. The third kappa shape index (κ3) is 12.2. The summed E-state index contributed by atoms with van der Waals surface area (Å²) in [5.74, 6) is 1.31. The van der Waals surface area contributed by atoms with Crippen molar-refractivity contribution < 1.29 is 8.78 Å². The van der Waals surface area contributed by atoms with Crippen LogP contribution >= 0.6 is 0 Å². The van der Waals surface area contributed by atoms with Crippen molar-refractivity contribution in [2.45, 2.75) is 106 Å². The van der Waals surface area contributed by atoms with Crippen LogP contribution in [0.4, 0.5) is 20.4 Å². The van der Waals surface area contributed by atoms with E-state index in [1.54, 1.807) is 21.2 Å². The van der Waals surface area contributed by atoms with Crippen molar-refractivity contribution in [2.75, 3.05) is 69.7 Å². The summed E-state index contributed by atoms with van der Waals surface area (Å²) in [7, 11) is 4.17. The van der Waals surface area contributed by atoms with E-state index in [1.165, 1.54) is 25.0 Å². The van der Waals surface area contributed by atoms with Gasteiger partial charge in [-0.25, -0.2) is 37.3 Å². The molecule has 15 rings (SSSR count). The molecule has 0 saturated carbocycles. The van der Waals surface area contributed by atoms with Gasteiger partial charge in [0.1, 0.15) is 11.6 Å². The molecule has 0 spiro atoms. The molecule has 3 saturated heterocycles. The van der Waals surface area contributed by atoms with Crippen LogP contribution in [0.25, 0.3) is 83.4 Å². The Labute approximate surface area is 515 Å². The summed E-state index contributed by atoms with van der Waals surface area (Å²) in [6.45, 7) is 25.2. The lowest BCUT2D eigenvalue weighted by Gasteiger charge is -2.36. The van der Waals surface area contributed by atoms with Crippen LogP contribution in [-0.4, -0.2) is 162 Å². The lowest BCUT2D eigenvalue weighted by Crippen LogP contribution is -2.54. The third-order valence-corrected chi connectivity index (χ3v) is 17.5. The Morgan fingerprint density at radius 3 is 1.46 bits per heavy atom. The number of rotatable bonds is 8. The fourth-order valence-electron chi connectivity index (χ4n) is 12.8. The van der Waals surface area contributed by atoms with Crippen molar-refractivity contribution >= 4 is 61.3 Å². The maximum atomic E-state index is 15.1. The predicted octanol–water partition coefficient (Wildman–Crippen LogP) is 10.7. The van der Waals surface area contributed by atoms with Crippen LogP contribution in [-0.2, 0) is 0 Å². The number of halogens is 2. The van der Waals surface area contributed by atoms with Crippen LogP contribution in [0.3, 0.4) is 0 Å². The van der Waals surface area contributed by atoms with Gasteiger partial charge in [-0.15, -0.1) is 20.4 Å². The van der Waals surface area contributed by atoms with Crippen LogP contribution in [0.15, 0.2) is 97.5 Å². The van der Waals surface area contributed by atoms with Crippen LogP contribution in [0.5, 0.6) is 0 Å². The van der Waals surface area contributed by atoms with E-state index in [4.69, 9.17) is 5.10 Å². The highest BCUT2D eigenvalue weighted by Gasteiger charge is 2.27. The molecule has 3 aromatic carbocycles. The lowest BCUT2D eigenvalue weighted by molar-refractivity contribution is 0.220. The van der Waals surface area contributed by atoms with E-state index in [9.17, 15) is 0 Å². The van der Waals surface area contributed by atoms with Gasteiger partial charge in [0, 0.05) is 83.1 Å². The summed E-state index contributed by atoms with van der Waals surface area (Å²) in [6, 6.07) is 26.0. The monoisotopic (exact) mass is 1200 g/mol. The highest BCUT2D eigenvalue weighted by Crippen LogP contribution is 2.33. The normalized spacial score (nSPS) is 17.6. The summed E-state index contributed by atoms with van der Waals surface area (Å²) >= 11 is 0. The molecule has 1 unspecified atom stereocenters. The van der Waals surface area contributed by atoms with Crippen molar-refractivity contribution in [2.24, 2.45) is 0 Å². The first-order valence-corrected chi connectivity index (χ1v) is 30.7. The molecule has 0 radical (unpaired) electrons. The van der Waals surface area contributed by atoms with Gasteiger partial charge in [0.25, 0.3) is 0 Å². The summed E-state index contributed by atoms with van der Waals surface area (Å²) in [4.78, 5) is 22.5. The van der Waals surface area contributed by atoms with Gasteiger partial charge in [0.15, 0.2) is 28.6 Å². The van der Waals surface area contributed by atoms with Gasteiger partial charge in [-0.3, -0.25) is 0 Å². The van der Waals surface area contributed by atoms with Crippen molar-refractivity contribution in [1.82, 2.24) is 89.5 Å². The van der Waals surface area contributed by atoms with Crippen LogP contribution in [0.2, 0.25) is 0 Å². The number of likely N-dealkylation sites (N-methyl/N-ethyl adjacent to an activating group) is 1. The summed E-state index contributed by atoms with van der Waals surface area (Å²) in [5.41, 5.74) is 16.1. The number of nitrogens with zero attached hydrogens (tertiary/aromatic N) is 19. The van der Waals surface area contributed by atoms with E-state index < -0.39 is 0 Å². The number of piperidine rings is 1. The van der Waals surface area contributed by atoms with Gasteiger partial charge in [0.2, 0.25) is 0 Å². The molecule has 0 bridgehead atoms. The fourth-order valence-corrected chi connectivity index (χ4v) is 12.8. The van der Waals surface area contributed by atoms with Gasteiger partial charge < -0.3 is 24.9 Å². The maximum Gasteiger partial charge on any atom is 0.156 e. The van der Waals surface area contributed by atoms with Crippen molar-refractivity contribution in [3.05, 3.63) is 149 Å². The fraction of sp³-hybridized carbons (Fsp3) is 0.373. The first kappa shape index (κ1) is 58.9. The zero-order valence-corrected chi connectivity index (χ0v) is 52.4. The Morgan fingerprint density at radius 2 is 0.978 bits per heavy atom. The number of aromatic nitrogens is 15. The minimum Gasteiger partial charge on any atom is -0.353 e. The topological polar surface area (TPSA) is 193 Å². The number of nitrogens with one attached hydrogen (secondary N) is 1. The molecule has 1 N–H and O–H groups in total. The quantitative estimate of drug-likeness (QED) is 0.151. The van der Waals surface area contributed by atoms with E-state index in [0.29, 0.717) is 74.2 Å². The number of imidazole rings is 3. The number of likely N-dealkylation sites (tertiary alicyclic amines) is 1. The SMILES string of the molecule is CCN1CCC(c2cc3ccc(-c4cc(C)c5nc(C)cn5n4)cc3nn2)CC1.Cc1cn2nc(-c3cc(F)c4cc(N5CCC(N(C)C)C5)nnc4c3)cc(C)c2n1.Cc1cn2nc(-c3cc(F)c4cc(N5C[C@@H](C)N[C@H](C)C5)nnc4c3)cc(C)c2n1. The lowest BCUT2D eigenvalue weighted by atomic mass is 9.92. The molecule has 89 heavy (non-hydrogen) atoms. The standard InChI is InChI=1S/C23H26N6.2C22H24FN7/c1-4-28-9-7-17(8-10-28)20-12-18-5-6-19(13-21(18)26-25-20)22-11-15(2)23-24-16(3)14-29(23)27-22;1-12-5-19(28-30-11-15(4)25-22(12)30)16-6-18(23)17-8-21(27-26-20(17)7-16)29-9-13(2)24-14(3)10-29;1-13-7-19(27-30-11-14(2)24-22(13)30)15-8-18(23)17-10-21(26-25-20(17)9-15)29-6-5-16(12-29)28(3)4/h5-6,11-14,17H,4,7-10H2,1-3H3;5-8,11,13-14,24H,9-10H2,1-4H3;7-11,16H,5-6,12H2,1-4H3/t;13-,14-;/m.1./s1. The Morgan fingerprint density at radius 1 is 0.506 bits per heavy atom. The Balaban J connectivity index is 0.000000123. The van der Waals surface area contributed by atoms with Crippen molar-refractivity contribution in [3.8, 4) is 33.8 Å². The minimum atomic E-state index is -0.323. The summed E-state index contributed by atoms with van der Waals surface area (Å²) < 4.78 is 35.5. The summed E-state index contributed by atoms with van der Waals surface area (Å²) in [6.07, 6.45) is 9.09. The van der Waals surface area contributed by atoms with Gasteiger partial charge in [-0.05, 0) is 192 Å². The smallest absolute Gasteiger partial charge is 0.156 e. The zero-order valence-electron chi connectivity index (χ0n) is 52.4. The molecule has 3 aliphatic heterocycles. The van der Waals surface area contributed by atoms with E-state index in [-0.39, 0.29) is 11.6 Å². The van der Waals surface area contributed by atoms with Gasteiger partial charge in [0.05, 0.1) is 75.0 Å². The molecule has 3 aliphatic rings. The van der Waals surface area contributed by atoms with Gasteiger partial charge in [-0.2, -0.15) is 25.5 Å². The van der Waals surface area contributed by atoms with Gasteiger partial charge in [-0.1, -0.05) is 19.1 Å². The number of hydrogen-bond acceptors (Lipinski definition) is 17. The highest BCUT2D eigenvalue weighted by molar-refractivity contribution is 5.87. The molecular formula is C67H74F2N20. The number of hydrogen-bond donors (Lipinski definition) is 1. The van der Waals surface area contributed by atoms with E-state index >= 15 is 8.78 Å². The first-order valence-electron chi connectivity index (χ1n) is 30.7. The molecule has 0 amide bonds. The molecule has 3 fully saturated rings. The van der Waals surface area contributed by atoms with Crippen LogP contribution in [0.1, 0.15) is 85.4 Å². The Kier molecular flexibility index (Phi) is 15.9. The number of anilines is 2. The number of aryl methyl sites for hydroxylation is 6.